The fourth-order valence-electron chi connectivity index (χ4n) is 3.23. The molecule has 0 spiro atoms. The van der Waals surface area contributed by atoms with Crippen molar-refractivity contribution in [3.05, 3.63) is 35.4 Å². The average Bonchev–Trinajstić information content (AvgIpc) is 2.85. The Bertz CT molecular complexity index is 445. The van der Waals surface area contributed by atoms with Gasteiger partial charge in [0, 0.05) is 12.2 Å². The minimum absolute atomic E-state index is 0.0690. The molecule has 2 nitrogen and oxygen atoms in total. The summed E-state index contributed by atoms with van der Waals surface area (Å²) in [4.78, 5) is 12.5. The van der Waals surface area contributed by atoms with Crippen LogP contribution in [0.15, 0.2) is 24.3 Å². The second kappa shape index (κ2) is 5.46. The molecule has 0 aromatic heterocycles. The molecule has 0 bridgehead atoms. The van der Waals surface area contributed by atoms with Crippen LogP contribution < -0.4 is 0 Å². The number of rotatable bonds is 4. The van der Waals surface area contributed by atoms with E-state index in [2.05, 4.69) is 19.1 Å². The zero-order valence-electron chi connectivity index (χ0n) is 11.6. The molecule has 3 rings (SSSR count). The van der Waals surface area contributed by atoms with Gasteiger partial charge in [-0.25, -0.2) is 0 Å². The van der Waals surface area contributed by atoms with E-state index >= 15 is 0 Å². The minimum atomic E-state index is 0.0690. The van der Waals surface area contributed by atoms with Crippen LogP contribution in [-0.2, 0) is 4.74 Å². The first kappa shape index (κ1) is 12.9. The predicted molar refractivity (Wildman–Crippen MR) is 75.5 cm³/mol. The monoisotopic (exact) mass is 258 g/mol. The van der Waals surface area contributed by atoms with Crippen LogP contribution in [0.3, 0.4) is 0 Å². The third kappa shape index (κ3) is 2.46. The second-order valence-corrected chi connectivity index (χ2v) is 5.83. The number of hydrogen-bond donors (Lipinski definition) is 0. The van der Waals surface area contributed by atoms with E-state index in [1.807, 2.05) is 12.1 Å². The van der Waals surface area contributed by atoms with E-state index in [0.29, 0.717) is 0 Å². The summed E-state index contributed by atoms with van der Waals surface area (Å²) in [5, 5.41) is 0. The largest absolute Gasteiger partial charge is 0.377 e. The van der Waals surface area contributed by atoms with Crippen molar-refractivity contribution in [3.8, 4) is 0 Å². The molecule has 1 aromatic carbocycles. The Kier molecular flexibility index (Phi) is 3.69. The van der Waals surface area contributed by atoms with Gasteiger partial charge < -0.3 is 4.74 Å². The van der Waals surface area contributed by atoms with Crippen molar-refractivity contribution in [2.75, 3.05) is 6.61 Å². The highest BCUT2D eigenvalue weighted by atomic mass is 16.5. The van der Waals surface area contributed by atoms with Crippen molar-refractivity contribution in [3.63, 3.8) is 0 Å². The van der Waals surface area contributed by atoms with Crippen molar-refractivity contribution >= 4 is 5.78 Å². The Hall–Kier alpha value is -1.15. The molecule has 19 heavy (non-hydrogen) atoms. The van der Waals surface area contributed by atoms with Crippen molar-refractivity contribution in [1.29, 1.82) is 0 Å². The van der Waals surface area contributed by atoms with Gasteiger partial charge in [0.15, 0.2) is 5.78 Å². The van der Waals surface area contributed by atoms with Gasteiger partial charge in [-0.2, -0.15) is 0 Å². The Morgan fingerprint density at radius 2 is 1.95 bits per heavy atom. The van der Waals surface area contributed by atoms with Gasteiger partial charge in [-0.3, -0.25) is 4.79 Å². The number of hydrogen-bond acceptors (Lipinski definition) is 2. The molecule has 0 amide bonds. The molecule has 1 saturated heterocycles. The molecule has 0 radical (unpaired) electrons. The summed E-state index contributed by atoms with van der Waals surface area (Å²) in [5.74, 6) is 1.08. The number of ether oxygens (including phenoxy) is 1. The standard InChI is InChI=1S/C17H22O2/c1-2-16-15(10-11-19-16)17(18)14-8-6-13(7-9-14)12-4-3-5-12/h6-9,12,15-16H,2-5,10-11H2,1H3. The topological polar surface area (TPSA) is 26.3 Å². The summed E-state index contributed by atoms with van der Waals surface area (Å²) < 4.78 is 5.63. The van der Waals surface area contributed by atoms with Crippen LogP contribution in [0, 0.1) is 5.92 Å². The molecule has 2 heteroatoms. The summed E-state index contributed by atoms with van der Waals surface area (Å²) in [7, 11) is 0. The van der Waals surface area contributed by atoms with E-state index in [4.69, 9.17) is 4.74 Å². The Morgan fingerprint density at radius 1 is 1.21 bits per heavy atom. The lowest BCUT2D eigenvalue weighted by Crippen LogP contribution is -2.23. The van der Waals surface area contributed by atoms with Gasteiger partial charge in [0.05, 0.1) is 12.0 Å². The number of ketones is 1. The van der Waals surface area contributed by atoms with Crippen LogP contribution in [0.4, 0.5) is 0 Å². The molecule has 2 atom stereocenters. The summed E-state index contributed by atoms with van der Waals surface area (Å²) >= 11 is 0. The van der Waals surface area contributed by atoms with Gasteiger partial charge in [-0.15, -0.1) is 0 Å². The van der Waals surface area contributed by atoms with Crippen LogP contribution in [0.2, 0.25) is 0 Å². The summed E-state index contributed by atoms with van der Waals surface area (Å²) in [5.41, 5.74) is 2.26. The Balaban J connectivity index is 1.72. The van der Waals surface area contributed by atoms with Gasteiger partial charge >= 0.3 is 0 Å². The van der Waals surface area contributed by atoms with E-state index in [0.717, 1.165) is 30.9 Å². The van der Waals surface area contributed by atoms with Crippen LogP contribution in [0.25, 0.3) is 0 Å². The summed E-state index contributed by atoms with van der Waals surface area (Å²) in [6.07, 6.45) is 5.89. The SMILES string of the molecule is CCC1OCCC1C(=O)c1ccc(C2CCC2)cc1. The maximum Gasteiger partial charge on any atom is 0.168 e. The van der Waals surface area contributed by atoms with Crippen molar-refractivity contribution in [1.82, 2.24) is 0 Å². The van der Waals surface area contributed by atoms with E-state index in [1.54, 1.807) is 0 Å². The Labute approximate surface area is 115 Å². The highest BCUT2D eigenvalue weighted by molar-refractivity contribution is 5.98. The third-order valence-electron chi connectivity index (χ3n) is 4.72. The number of benzene rings is 1. The lowest BCUT2D eigenvalue weighted by molar-refractivity contribution is 0.0689. The van der Waals surface area contributed by atoms with Gasteiger partial charge in [-0.1, -0.05) is 37.6 Å². The summed E-state index contributed by atoms with van der Waals surface area (Å²) in [6.45, 7) is 2.82. The van der Waals surface area contributed by atoms with Crippen LogP contribution in [0.1, 0.15) is 60.9 Å². The fourth-order valence-corrected chi connectivity index (χ4v) is 3.23. The first-order valence-corrected chi connectivity index (χ1v) is 7.55. The fraction of sp³-hybridized carbons (Fsp3) is 0.588. The predicted octanol–water partition coefficient (Wildman–Crippen LogP) is 3.95. The second-order valence-electron chi connectivity index (χ2n) is 5.83. The molecule has 1 aliphatic carbocycles. The van der Waals surface area contributed by atoms with Gasteiger partial charge in [-0.05, 0) is 37.2 Å². The lowest BCUT2D eigenvalue weighted by Gasteiger charge is -2.26. The lowest BCUT2D eigenvalue weighted by atomic mass is 9.79. The first-order chi connectivity index (χ1) is 9.29. The van der Waals surface area contributed by atoms with Gasteiger partial charge in [0.2, 0.25) is 0 Å². The van der Waals surface area contributed by atoms with E-state index in [-0.39, 0.29) is 17.8 Å². The third-order valence-corrected chi connectivity index (χ3v) is 4.72. The molecule has 2 fully saturated rings. The van der Waals surface area contributed by atoms with Crippen molar-refractivity contribution in [2.45, 2.75) is 51.0 Å². The van der Waals surface area contributed by atoms with E-state index in [9.17, 15) is 4.79 Å². The smallest absolute Gasteiger partial charge is 0.168 e. The van der Waals surface area contributed by atoms with E-state index in [1.165, 1.54) is 24.8 Å². The molecule has 1 aliphatic heterocycles. The molecule has 102 valence electrons. The van der Waals surface area contributed by atoms with Crippen molar-refractivity contribution < 1.29 is 9.53 Å². The van der Waals surface area contributed by atoms with Crippen LogP contribution in [0.5, 0.6) is 0 Å². The highest BCUT2D eigenvalue weighted by Crippen LogP contribution is 2.36. The molecule has 2 aliphatic rings. The maximum atomic E-state index is 12.5. The van der Waals surface area contributed by atoms with E-state index < -0.39 is 0 Å². The van der Waals surface area contributed by atoms with Crippen molar-refractivity contribution in [2.24, 2.45) is 5.92 Å². The maximum absolute atomic E-state index is 12.5. The molecule has 1 saturated carbocycles. The number of carbonyl (C=O) groups is 1. The van der Waals surface area contributed by atoms with Gasteiger partial charge in [0.25, 0.3) is 0 Å². The molecule has 1 heterocycles. The minimum Gasteiger partial charge on any atom is -0.377 e. The molecule has 0 N–H and O–H groups in total. The molecule has 2 unspecified atom stereocenters. The first-order valence-electron chi connectivity index (χ1n) is 7.55. The molecular weight excluding hydrogens is 236 g/mol. The zero-order valence-corrected chi connectivity index (χ0v) is 11.6. The molecule has 1 aromatic rings. The molecular formula is C17H22O2. The number of Topliss-reactive ketones (excluding diaryl/α,β-unsaturated/α-hetero) is 1. The van der Waals surface area contributed by atoms with Crippen LogP contribution >= 0.6 is 0 Å². The Morgan fingerprint density at radius 3 is 2.53 bits per heavy atom. The highest BCUT2D eigenvalue weighted by Gasteiger charge is 2.33. The zero-order chi connectivity index (χ0) is 13.2. The number of carbonyl (C=O) groups excluding carboxylic acids is 1. The van der Waals surface area contributed by atoms with Crippen LogP contribution in [-0.4, -0.2) is 18.5 Å². The average molecular weight is 258 g/mol. The quantitative estimate of drug-likeness (QED) is 0.764. The normalized spacial score (nSPS) is 27.2. The summed E-state index contributed by atoms with van der Waals surface area (Å²) in [6, 6.07) is 8.32. The van der Waals surface area contributed by atoms with Gasteiger partial charge in [0.1, 0.15) is 0 Å².